The number of fused-ring (bicyclic) bond motifs is 1. The molecule has 32 heavy (non-hydrogen) atoms. The second-order valence-electron chi connectivity index (χ2n) is 8.38. The fraction of sp³-hybridized carbons (Fsp3) is 0.417. The minimum Gasteiger partial charge on any atom is -0.491 e. The Hall–Kier alpha value is -2.07. The van der Waals surface area contributed by atoms with E-state index in [2.05, 4.69) is 0 Å². The van der Waals surface area contributed by atoms with E-state index in [0.717, 1.165) is 32.0 Å². The molecule has 0 saturated carbocycles. The van der Waals surface area contributed by atoms with Gasteiger partial charge in [-0.3, -0.25) is 0 Å². The van der Waals surface area contributed by atoms with Crippen molar-refractivity contribution >= 4 is 22.7 Å². The van der Waals surface area contributed by atoms with Crippen LogP contribution in [0.5, 0.6) is 5.75 Å². The topological polar surface area (TPSA) is 104 Å². The SMILES string of the molecule is Cc1ccc2c(Sc3ccc(OC(C)C)cc3)cn([C@@H]3O[C@H](CO)[C@@H](O)[C@H](O)[C@H]3O)c2c1. The van der Waals surface area contributed by atoms with Crippen LogP contribution in [0.2, 0.25) is 0 Å². The van der Waals surface area contributed by atoms with Crippen molar-refractivity contribution in [1.82, 2.24) is 4.57 Å². The van der Waals surface area contributed by atoms with E-state index in [1.807, 2.05) is 69.4 Å². The van der Waals surface area contributed by atoms with Crippen LogP contribution in [-0.2, 0) is 4.74 Å². The Morgan fingerprint density at radius 1 is 1.03 bits per heavy atom. The number of nitrogens with zero attached hydrogens (tertiary/aromatic N) is 1. The standard InChI is InChI=1S/C24H29NO6S/c1-13(2)30-15-5-7-16(8-6-15)32-20-11-25(18-10-14(3)4-9-17(18)20)24-23(29)22(28)21(27)19(12-26)31-24/h4-11,13,19,21-24,26-29H,12H2,1-3H3/t19-,21-,22+,23-,24-/m1/s1. The fourth-order valence-electron chi connectivity index (χ4n) is 3.92. The summed E-state index contributed by atoms with van der Waals surface area (Å²) in [6.45, 7) is 5.48. The lowest BCUT2D eigenvalue weighted by Crippen LogP contribution is -2.56. The minimum absolute atomic E-state index is 0.105. The second kappa shape index (κ2) is 9.43. The molecule has 0 radical (unpaired) electrons. The number of ether oxygens (including phenoxy) is 2. The third-order valence-corrected chi connectivity index (χ3v) is 6.57. The van der Waals surface area contributed by atoms with Gasteiger partial charge in [0.1, 0.15) is 30.2 Å². The number of aliphatic hydroxyl groups is 4. The molecule has 1 fully saturated rings. The third kappa shape index (κ3) is 4.52. The Kier molecular flexibility index (Phi) is 6.80. The zero-order chi connectivity index (χ0) is 23.0. The smallest absolute Gasteiger partial charge is 0.163 e. The summed E-state index contributed by atoms with van der Waals surface area (Å²) in [6, 6.07) is 13.9. The van der Waals surface area contributed by atoms with Crippen LogP contribution in [0.1, 0.15) is 25.6 Å². The predicted octanol–water partition coefficient (Wildman–Crippen LogP) is 2.86. The van der Waals surface area contributed by atoms with Crippen LogP contribution < -0.4 is 4.74 Å². The maximum Gasteiger partial charge on any atom is 0.163 e. The van der Waals surface area contributed by atoms with Gasteiger partial charge in [-0.15, -0.1) is 0 Å². The summed E-state index contributed by atoms with van der Waals surface area (Å²) in [4.78, 5) is 1.98. The molecule has 1 aromatic heterocycles. The molecule has 1 saturated heterocycles. The zero-order valence-electron chi connectivity index (χ0n) is 18.3. The molecule has 8 heteroatoms. The van der Waals surface area contributed by atoms with Gasteiger partial charge in [-0.2, -0.15) is 0 Å². The van der Waals surface area contributed by atoms with Gasteiger partial charge in [-0.25, -0.2) is 0 Å². The van der Waals surface area contributed by atoms with Gasteiger partial charge < -0.3 is 34.5 Å². The van der Waals surface area contributed by atoms with E-state index in [1.54, 1.807) is 16.3 Å². The first-order valence-electron chi connectivity index (χ1n) is 10.6. The van der Waals surface area contributed by atoms with Gasteiger partial charge in [0.2, 0.25) is 0 Å². The highest BCUT2D eigenvalue weighted by Crippen LogP contribution is 2.39. The number of hydrogen-bond acceptors (Lipinski definition) is 7. The number of aliphatic hydroxyl groups excluding tert-OH is 4. The van der Waals surface area contributed by atoms with E-state index in [1.165, 1.54) is 0 Å². The summed E-state index contributed by atoms with van der Waals surface area (Å²) in [6.07, 6.45) is -4.12. The van der Waals surface area contributed by atoms with E-state index in [4.69, 9.17) is 9.47 Å². The number of rotatable bonds is 6. The van der Waals surface area contributed by atoms with Crippen molar-refractivity contribution in [3.63, 3.8) is 0 Å². The third-order valence-electron chi connectivity index (χ3n) is 5.52. The first-order valence-corrected chi connectivity index (χ1v) is 11.5. The van der Waals surface area contributed by atoms with Gasteiger partial charge in [0, 0.05) is 21.4 Å². The average molecular weight is 460 g/mol. The van der Waals surface area contributed by atoms with Crippen molar-refractivity contribution in [2.24, 2.45) is 0 Å². The Labute approximate surface area is 191 Å². The molecule has 0 spiro atoms. The lowest BCUT2D eigenvalue weighted by molar-refractivity contribution is -0.250. The van der Waals surface area contributed by atoms with Crippen molar-refractivity contribution < 1.29 is 29.9 Å². The Morgan fingerprint density at radius 3 is 2.41 bits per heavy atom. The first kappa shape index (κ1) is 23.1. The van der Waals surface area contributed by atoms with Crippen molar-refractivity contribution in [2.45, 2.75) is 67.3 Å². The summed E-state index contributed by atoms with van der Waals surface area (Å²) in [5.74, 6) is 0.809. The maximum atomic E-state index is 10.6. The largest absolute Gasteiger partial charge is 0.491 e. The molecule has 0 amide bonds. The molecule has 4 rings (SSSR count). The molecule has 0 aliphatic carbocycles. The van der Waals surface area contributed by atoms with E-state index in [9.17, 15) is 20.4 Å². The van der Waals surface area contributed by atoms with Crippen LogP contribution in [0.4, 0.5) is 0 Å². The van der Waals surface area contributed by atoms with Crippen LogP contribution in [0.15, 0.2) is 58.5 Å². The summed E-state index contributed by atoms with van der Waals surface area (Å²) in [5.41, 5.74) is 1.87. The molecule has 5 atom stereocenters. The highest BCUT2D eigenvalue weighted by Gasteiger charge is 2.44. The van der Waals surface area contributed by atoms with Crippen LogP contribution >= 0.6 is 11.8 Å². The fourth-order valence-corrected chi connectivity index (χ4v) is 4.89. The van der Waals surface area contributed by atoms with Crippen LogP contribution in [0.25, 0.3) is 10.9 Å². The molecule has 1 aliphatic rings. The molecule has 3 aromatic rings. The van der Waals surface area contributed by atoms with Gasteiger partial charge in [-0.1, -0.05) is 23.9 Å². The van der Waals surface area contributed by atoms with E-state index >= 15 is 0 Å². The quantitative estimate of drug-likeness (QED) is 0.449. The minimum atomic E-state index is -1.43. The maximum absolute atomic E-state index is 10.6. The van der Waals surface area contributed by atoms with Crippen LogP contribution in [0, 0.1) is 6.92 Å². The van der Waals surface area contributed by atoms with Crippen molar-refractivity contribution in [3.05, 3.63) is 54.2 Å². The molecule has 4 N–H and O–H groups in total. The van der Waals surface area contributed by atoms with E-state index in [0.29, 0.717) is 0 Å². The van der Waals surface area contributed by atoms with E-state index < -0.39 is 37.3 Å². The Bertz CT molecular complexity index is 1060. The van der Waals surface area contributed by atoms with E-state index in [-0.39, 0.29) is 6.10 Å². The molecular formula is C24H29NO6S. The normalized spacial score (nSPS) is 26.1. The Balaban J connectivity index is 1.70. The number of aromatic nitrogens is 1. The number of hydrogen-bond donors (Lipinski definition) is 4. The molecule has 2 heterocycles. The molecule has 172 valence electrons. The van der Waals surface area contributed by atoms with Crippen molar-refractivity contribution in [3.8, 4) is 5.75 Å². The summed E-state index contributed by atoms with van der Waals surface area (Å²) in [5, 5.41) is 41.6. The lowest BCUT2D eigenvalue weighted by Gasteiger charge is -2.40. The monoisotopic (exact) mass is 459 g/mol. The molecular weight excluding hydrogens is 430 g/mol. The lowest BCUT2D eigenvalue weighted by atomic mass is 9.98. The average Bonchev–Trinajstić information content (AvgIpc) is 3.10. The Morgan fingerprint density at radius 2 is 1.75 bits per heavy atom. The van der Waals surface area contributed by atoms with Gasteiger partial charge in [-0.05, 0) is 56.7 Å². The highest BCUT2D eigenvalue weighted by molar-refractivity contribution is 7.99. The van der Waals surface area contributed by atoms with Crippen LogP contribution in [-0.4, -0.2) is 62.1 Å². The molecule has 0 unspecified atom stereocenters. The first-order chi connectivity index (χ1) is 15.3. The zero-order valence-corrected chi connectivity index (χ0v) is 19.1. The highest BCUT2D eigenvalue weighted by atomic mass is 32.2. The van der Waals surface area contributed by atoms with Crippen LogP contribution in [0.3, 0.4) is 0 Å². The molecule has 7 nitrogen and oxygen atoms in total. The van der Waals surface area contributed by atoms with Gasteiger partial charge in [0.15, 0.2) is 6.23 Å². The van der Waals surface area contributed by atoms with Crippen molar-refractivity contribution in [2.75, 3.05) is 6.61 Å². The number of benzene rings is 2. The molecule has 1 aliphatic heterocycles. The summed E-state index contributed by atoms with van der Waals surface area (Å²) < 4.78 is 13.3. The molecule has 0 bridgehead atoms. The number of aryl methyl sites for hydroxylation is 1. The van der Waals surface area contributed by atoms with Gasteiger partial charge in [0.05, 0.1) is 18.2 Å². The molecule has 2 aromatic carbocycles. The van der Waals surface area contributed by atoms with Gasteiger partial charge in [0.25, 0.3) is 0 Å². The van der Waals surface area contributed by atoms with Crippen molar-refractivity contribution in [1.29, 1.82) is 0 Å². The van der Waals surface area contributed by atoms with Gasteiger partial charge >= 0.3 is 0 Å². The summed E-state index contributed by atoms with van der Waals surface area (Å²) in [7, 11) is 0. The predicted molar refractivity (Wildman–Crippen MR) is 122 cm³/mol. The summed E-state index contributed by atoms with van der Waals surface area (Å²) >= 11 is 1.57. The second-order valence-corrected chi connectivity index (χ2v) is 9.50.